The fourth-order valence-corrected chi connectivity index (χ4v) is 2.64. The van der Waals surface area contributed by atoms with Crippen LogP contribution in [0.3, 0.4) is 0 Å². The molecular formula is C18H12INO2. The van der Waals surface area contributed by atoms with E-state index in [4.69, 9.17) is 4.84 Å². The standard InChI is InChI=1S/C18H12INO2/c19-15-10-5-9-14(12-15)17-16(18(21)22-20-17)11-4-8-13-6-2-1-3-7-13/h1-12H/b8-4+,16-11-. The number of carbonyl (C=O) groups is 1. The Morgan fingerprint density at radius 1 is 1.05 bits per heavy atom. The van der Waals surface area contributed by atoms with Gasteiger partial charge in [-0.05, 0) is 46.4 Å². The van der Waals surface area contributed by atoms with Crippen molar-refractivity contribution in [3.63, 3.8) is 0 Å². The summed E-state index contributed by atoms with van der Waals surface area (Å²) in [5.41, 5.74) is 2.98. The molecular weight excluding hydrogens is 389 g/mol. The Bertz CT molecular complexity index is 792. The van der Waals surface area contributed by atoms with Crippen LogP contribution in [0.4, 0.5) is 0 Å². The summed E-state index contributed by atoms with van der Waals surface area (Å²) in [4.78, 5) is 16.7. The summed E-state index contributed by atoms with van der Waals surface area (Å²) in [5, 5.41) is 3.90. The lowest BCUT2D eigenvalue weighted by molar-refractivity contribution is -0.136. The Morgan fingerprint density at radius 3 is 2.64 bits per heavy atom. The average molecular weight is 401 g/mol. The first-order valence-electron chi connectivity index (χ1n) is 6.73. The second-order valence-corrected chi connectivity index (χ2v) is 5.92. The van der Waals surface area contributed by atoms with Crippen LogP contribution in [-0.4, -0.2) is 11.7 Å². The van der Waals surface area contributed by atoms with Gasteiger partial charge in [-0.1, -0.05) is 59.8 Å². The third-order valence-electron chi connectivity index (χ3n) is 3.14. The van der Waals surface area contributed by atoms with E-state index in [0.29, 0.717) is 11.3 Å². The van der Waals surface area contributed by atoms with Crippen molar-refractivity contribution in [2.24, 2.45) is 5.16 Å². The summed E-state index contributed by atoms with van der Waals surface area (Å²) in [6, 6.07) is 17.7. The van der Waals surface area contributed by atoms with Crippen LogP contribution in [0.5, 0.6) is 0 Å². The van der Waals surface area contributed by atoms with E-state index in [1.165, 1.54) is 0 Å². The molecule has 0 unspecified atom stereocenters. The van der Waals surface area contributed by atoms with Crippen LogP contribution in [-0.2, 0) is 9.63 Å². The Hall–Kier alpha value is -2.21. The molecule has 1 aliphatic heterocycles. The van der Waals surface area contributed by atoms with E-state index in [0.717, 1.165) is 14.7 Å². The minimum atomic E-state index is -0.424. The van der Waals surface area contributed by atoms with E-state index in [2.05, 4.69) is 27.7 Å². The van der Waals surface area contributed by atoms with Crippen LogP contribution in [0.25, 0.3) is 6.08 Å². The molecule has 0 N–H and O–H groups in total. The normalized spacial score (nSPS) is 16.1. The molecule has 1 heterocycles. The van der Waals surface area contributed by atoms with E-state index < -0.39 is 5.97 Å². The molecule has 4 heteroatoms. The van der Waals surface area contributed by atoms with Crippen LogP contribution in [0.1, 0.15) is 11.1 Å². The summed E-state index contributed by atoms with van der Waals surface area (Å²) >= 11 is 2.23. The minimum Gasteiger partial charge on any atom is -0.312 e. The highest BCUT2D eigenvalue weighted by molar-refractivity contribution is 14.1. The molecule has 0 fully saturated rings. The largest absolute Gasteiger partial charge is 0.368 e. The van der Waals surface area contributed by atoms with Crippen LogP contribution < -0.4 is 0 Å². The maximum atomic E-state index is 11.8. The van der Waals surface area contributed by atoms with Gasteiger partial charge >= 0.3 is 5.97 Å². The lowest BCUT2D eigenvalue weighted by atomic mass is 10.0. The molecule has 0 amide bonds. The predicted octanol–water partition coefficient (Wildman–Crippen LogP) is 4.19. The van der Waals surface area contributed by atoms with E-state index in [1.807, 2.05) is 66.7 Å². The average Bonchev–Trinajstić information content (AvgIpc) is 2.90. The number of benzene rings is 2. The van der Waals surface area contributed by atoms with Gasteiger partial charge in [0.05, 0.1) is 5.57 Å². The highest BCUT2D eigenvalue weighted by atomic mass is 127. The molecule has 0 aromatic heterocycles. The number of hydrogen-bond donors (Lipinski definition) is 0. The number of hydrogen-bond acceptors (Lipinski definition) is 3. The lowest BCUT2D eigenvalue weighted by Crippen LogP contribution is -2.06. The molecule has 3 nitrogen and oxygen atoms in total. The molecule has 2 aromatic carbocycles. The Labute approximate surface area is 142 Å². The third-order valence-corrected chi connectivity index (χ3v) is 3.82. The second kappa shape index (κ2) is 6.70. The number of nitrogens with zero attached hydrogens (tertiary/aromatic N) is 1. The van der Waals surface area contributed by atoms with E-state index >= 15 is 0 Å². The van der Waals surface area contributed by atoms with Crippen molar-refractivity contribution in [3.8, 4) is 0 Å². The van der Waals surface area contributed by atoms with Crippen LogP contribution in [0, 0.1) is 3.57 Å². The molecule has 1 aliphatic rings. The van der Waals surface area contributed by atoms with E-state index in [1.54, 1.807) is 6.08 Å². The number of carbonyl (C=O) groups excluding carboxylic acids is 1. The van der Waals surface area contributed by atoms with Crippen molar-refractivity contribution < 1.29 is 9.63 Å². The van der Waals surface area contributed by atoms with Gasteiger partial charge in [-0.2, -0.15) is 0 Å². The first-order chi connectivity index (χ1) is 10.7. The lowest BCUT2D eigenvalue weighted by Gasteiger charge is -2.00. The molecule has 0 saturated carbocycles. The van der Waals surface area contributed by atoms with Gasteiger partial charge in [0.1, 0.15) is 5.71 Å². The highest BCUT2D eigenvalue weighted by Crippen LogP contribution is 2.19. The minimum absolute atomic E-state index is 0.424. The molecule has 2 aromatic rings. The summed E-state index contributed by atoms with van der Waals surface area (Å²) < 4.78 is 1.08. The van der Waals surface area contributed by atoms with Gasteiger partial charge in [-0.15, -0.1) is 0 Å². The van der Waals surface area contributed by atoms with Gasteiger partial charge in [0.25, 0.3) is 0 Å². The maximum absolute atomic E-state index is 11.8. The first-order valence-corrected chi connectivity index (χ1v) is 7.81. The third kappa shape index (κ3) is 3.33. The smallest absolute Gasteiger partial charge is 0.312 e. The van der Waals surface area contributed by atoms with Crippen molar-refractivity contribution >= 4 is 40.3 Å². The van der Waals surface area contributed by atoms with Crippen LogP contribution in [0.15, 0.2) is 77.5 Å². The van der Waals surface area contributed by atoms with Gasteiger partial charge in [0.2, 0.25) is 0 Å². The molecule has 0 saturated heterocycles. The Kier molecular flexibility index (Phi) is 4.48. The molecule has 0 atom stereocenters. The van der Waals surface area contributed by atoms with Crippen LogP contribution in [0.2, 0.25) is 0 Å². The number of oxime groups is 1. The highest BCUT2D eigenvalue weighted by Gasteiger charge is 2.26. The van der Waals surface area contributed by atoms with E-state index in [-0.39, 0.29) is 0 Å². The monoisotopic (exact) mass is 401 g/mol. The molecule has 0 spiro atoms. The summed E-state index contributed by atoms with van der Waals surface area (Å²) in [6.07, 6.45) is 5.51. The van der Waals surface area contributed by atoms with Crippen LogP contribution >= 0.6 is 22.6 Å². The first kappa shape index (κ1) is 14.7. The number of halogens is 1. The zero-order valence-electron chi connectivity index (χ0n) is 11.6. The molecule has 0 radical (unpaired) electrons. The van der Waals surface area contributed by atoms with Gasteiger partial charge in [-0.25, -0.2) is 4.79 Å². The van der Waals surface area contributed by atoms with Crippen molar-refractivity contribution in [2.75, 3.05) is 0 Å². The van der Waals surface area contributed by atoms with Gasteiger partial charge in [-0.3, -0.25) is 0 Å². The summed E-state index contributed by atoms with van der Waals surface area (Å²) in [5.74, 6) is -0.424. The number of allylic oxidation sites excluding steroid dienone is 2. The van der Waals surface area contributed by atoms with Gasteiger partial charge in [0, 0.05) is 9.13 Å². The molecule has 0 aliphatic carbocycles. The van der Waals surface area contributed by atoms with Crippen molar-refractivity contribution in [1.29, 1.82) is 0 Å². The maximum Gasteiger partial charge on any atom is 0.368 e. The Morgan fingerprint density at radius 2 is 1.86 bits per heavy atom. The van der Waals surface area contributed by atoms with E-state index in [9.17, 15) is 4.79 Å². The van der Waals surface area contributed by atoms with Crippen molar-refractivity contribution in [1.82, 2.24) is 0 Å². The van der Waals surface area contributed by atoms with Crippen molar-refractivity contribution in [2.45, 2.75) is 0 Å². The predicted molar refractivity (Wildman–Crippen MR) is 95.3 cm³/mol. The zero-order valence-corrected chi connectivity index (χ0v) is 13.7. The van der Waals surface area contributed by atoms with Gasteiger partial charge < -0.3 is 4.84 Å². The zero-order chi connectivity index (χ0) is 15.4. The fraction of sp³-hybridized carbons (Fsp3) is 0. The van der Waals surface area contributed by atoms with Gasteiger partial charge in [0.15, 0.2) is 0 Å². The molecule has 108 valence electrons. The number of rotatable bonds is 3. The quantitative estimate of drug-likeness (QED) is 0.440. The van der Waals surface area contributed by atoms with Crippen molar-refractivity contribution in [3.05, 3.63) is 87.0 Å². The summed E-state index contributed by atoms with van der Waals surface area (Å²) in [6.45, 7) is 0. The Balaban J connectivity index is 1.88. The SMILES string of the molecule is O=C1ON=C(c2cccc(I)c2)/C1=C/C=C/c1ccccc1. The molecule has 3 rings (SSSR count). The summed E-state index contributed by atoms with van der Waals surface area (Å²) in [7, 11) is 0. The fourth-order valence-electron chi connectivity index (χ4n) is 2.09. The topological polar surface area (TPSA) is 38.7 Å². The molecule has 0 bridgehead atoms. The second-order valence-electron chi connectivity index (χ2n) is 4.68. The molecule has 22 heavy (non-hydrogen) atoms.